The minimum Gasteiger partial charge on any atom is -0.341 e. The molecule has 0 heterocycles. The fourth-order valence-corrected chi connectivity index (χ4v) is 2.38. The minimum atomic E-state index is -0.559. The van der Waals surface area contributed by atoms with Crippen LogP contribution in [0, 0.1) is 0 Å². The molecule has 0 aromatic rings. The first kappa shape index (κ1) is 12.5. The van der Waals surface area contributed by atoms with Crippen molar-refractivity contribution in [1.82, 2.24) is 4.90 Å². The quantitative estimate of drug-likeness (QED) is 0.773. The second-order valence-electron chi connectivity index (χ2n) is 4.92. The van der Waals surface area contributed by atoms with Crippen molar-refractivity contribution in [2.24, 2.45) is 5.73 Å². The summed E-state index contributed by atoms with van der Waals surface area (Å²) in [6.45, 7) is 4.24. The summed E-state index contributed by atoms with van der Waals surface area (Å²) < 4.78 is 0. The molecule has 1 saturated carbocycles. The standard InChI is InChI=1S/C12H24N2O/c1-4-7-10(2)14(3)11(15)12(13)8-5-6-9-12/h10H,4-9,13H2,1-3H3. The van der Waals surface area contributed by atoms with E-state index in [9.17, 15) is 4.79 Å². The number of nitrogens with two attached hydrogens (primary N) is 1. The average molecular weight is 212 g/mol. The Labute approximate surface area is 93.0 Å². The number of carbonyl (C=O) groups excluding carboxylic acids is 1. The van der Waals surface area contributed by atoms with Crippen LogP contribution in [0.1, 0.15) is 52.4 Å². The van der Waals surface area contributed by atoms with Crippen molar-refractivity contribution in [3.63, 3.8) is 0 Å². The number of nitrogens with zero attached hydrogens (tertiary/aromatic N) is 1. The van der Waals surface area contributed by atoms with E-state index >= 15 is 0 Å². The third-order valence-corrected chi connectivity index (χ3v) is 3.61. The lowest BCUT2D eigenvalue weighted by Crippen LogP contribution is -2.54. The SMILES string of the molecule is CCCC(C)N(C)C(=O)C1(N)CCCC1. The maximum atomic E-state index is 12.2. The molecule has 0 aromatic carbocycles. The van der Waals surface area contributed by atoms with Crippen molar-refractivity contribution >= 4 is 5.91 Å². The molecule has 0 aromatic heterocycles. The fraction of sp³-hybridized carbons (Fsp3) is 0.917. The molecule has 1 atom stereocenters. The normalized spacial score (nSPS) is 21.3. The first-order valence-corrected chi connectivity index (χ1v) is 6.07. The van der Waals surface area contributed by atoms with Crippen molar-refractivity contribution in [3.05, 3.63) is 0 Å². The predicted octanol–water partition coefficient (Wildman–Crippen LogP) is 1.90. The predicted molar refractivity (Wildman–Crippen MR) is 62.5 cm³/mol. The van der Waals surface area contributed by atoms with E-state index in [2.05, 4.69) is 13.8 Å². The lowest BCUT2D eigenvalue weighted by Gasteiger charge is -2.32. The molecule has 0 saturated heterocycles. The summed E-state index contributed by atoms with van der Waals surface area (Å²) in [5.74, 6) is 0.140. The largest absolute Gasteiger partial charge is 0.341 e. The van der Waals surface area contributed by atoms with E-state index in [1.165, 1.54) is 0 Å². The number of likely N-dealkylation sites (N-methyl/N-ethyl adjacent to an activating group) is 1. The fourth-order valence-electron chi connectivity index (χ4n) is 2.38. The van der Waals surface area contributed by atoms with Gasteiger partial charge in [0.2, 0.25) is 5.91 Å². The number of rotatable bonds is 4. The molecule has 15 heavy (non-hydrogen) atoms. The van der Waals surface area contributed by atoms with E-state index in [4.69, 9.17) is 5.73 Å². The minimum absolute atomic E-state index is 0.140. The summed E-state index contributed by atoms with van der Waals surface area (Å²) >= 11 is 0. The molecular formula is C12H24N2O. The third-order valence-electron chi connectivity index (χ3n) is 3.61. The van der Waals surface area contributed by atoms with Gasteiger partial charge in [-0.15, -0.1) is 0 Å². The van der Waals surface area contributed by atoms with E-state index in [-0.39, 0.29) is 5.91 Å². The number of carbonyl (C=O) groups is 1. The summed E-state index contributed by atoms with van der Waals surface area (Å²) in [6.07, 6.45) is 6.06. The van der Waals surface area contributed by atoms with Crippen molar-refractivity contribution in [3.8, 4) is 0 Å². The van der Waals surface area contributed by atoms with Crippen molar-refractivity contribution in [1.29, 1.82) is 0 Å². The van der Waals surface area contributed by atoms with Gasteiger partial charge in [-0.05, 0) is 26.2 Å². The second-order valence-corrected chi connectivity index (χ2v) is 4.92. The summed E-state index contributed by atoms with van der Waals surface area (Å²) in [6, 6.07) is 0.309. The van der Waals surface area contributed by atoms with Gasteiger partial charge in [-0.1, -0.05) is 26.2 Å². The molecule has 1 amide bonds. The van der Waals surface area contributed by atoms with Crippen LogP contribution < -0.4 is 5.73 Å². The van der Waals surface area contributed by atoms with Gasteiger partial charge in [-0.3, -0.25) is 4.79 Å². The average Bonchev–Trinajstić information content (AvgIpc) is 2.64. The second kappa shape index (κ2) is 4.97. The van der Waals surface area contributed by atoms with Crippen LogP contribution in [0.4, 0.5) is 0 Å². The Bertz CT molecular complexity index is 222. The molecule has 1 aliphatic carbocycles. The summed E-state index contributed by atoms with van der Waals surface area (Å²) in [4.78, 5) is 14.0. The van der Waals surface area contributed by atoms with E-state index in [1.807, 2.05) is 11.9 Å². The molecule has 0 radical (unpaired) electrons. The van der Waals surface area contributed by atoms with E-state index in [0.29, 0.717) is 6.04 Å². The Morgan fingerprint density at radius 1 is 1.47 bits per heavy atom. The molecule has 1 fully saturated rings. The van der Waals surface area contributed by atoms with Gasteiger partial charge in [-0.25, -0.2) is 0 Å². The van der Waals surface area contributed by atoms with Gasteiger partial charge >= 0.3 is 0 Å². The molecule has 0 bridgehead atoms. The van der Waals surface area contributed by atoms with Crippen LogP contribution in [0.15, 0.2) is 0 Å². The van der Waals surface area contributed by atoms with Crippen LogP contribution in [0.2, 0.25) is 0 Å². The first-order valence-electron chi connectivity index (χ1n) is 6.07. The molecule has 0 spiro atoms. The van der Waals surface area contributed by atoms with Crippen molar-refractivity contribution in [2.75, 3.05) is 7.05 Å². The van der Waals surface area contributed by atoms with Gasteiger partial charge in [0, 0.05) is 13.1 Å². The van der Waals surface area contributed by atoms with Gasteiger partial charge < -0.3 is 10.6 Å². The molecule has 3 heteroatoms. The van der Waals surface area contributed by atoms with Crippen LogP contribution in [0.3, 0.4) is 0 Å². The number of amides is 1. The summed E-state index contributed by atoms with van der Waals surface area (Å²) in [7, 11) is 1.88. The highest BCUT2D eigenvalue weighted by molar-refractivity contribution is 5.86. The highest BCUT2D eigenvalue weighted by atomic mass is 16.2. The summed E-state index contributed by atoms with van der Waals surface area (Å²) in [5.41, 5.74) is 5.59. The highest BCUT2D eigenvalue weighted by Crippen LogP contribution is 2.29. The lowest BCUT2D eigenvalue weighted by atomic mass is 9.96. The Hall–Kier alpha value is -0.570. The Balaban J connectivity index is 2.58. The molecule has 88 valence electrons. The summed E-state index contributed by atoms with van der Waals surface area (Å²) in [5, 5.41) is 0. The van der Waals surface area contributed by atoms with Crippen molar-refractivity contribution in [2.45, 2.75) is 64.0 Å². The van der Waals surface area contributed by atoms with Gasteiger partial charge in [-0.2, -0.15) is 0 Å². The zero-order chi connectivity index (χ0) is 11.5. The molecule has 0 aliphatic heterocycles. The van der Waals surface area contributed by atoms with Gasteiger partial charge in [0.25, 0.3) is 0 Å². The maximum absolute atomic E-state index is 12.2. The van der Waals surface area contributed by atoms with Crippen LogP contribution in [-0.4, -0.2) is 29.4 Å². The van der Waals surface area contributed by atoms with E-state index in [1.54, 1.807) is 0 Å². The third kappa shape index (κ3) is 2.71. The van der Waals surface area contributed by atoms with Gasteiger partial charge in [0.05, 0.1) is 5.54 Å². The van der Waals surface area contributed by atoms with Gasteiger partial charge in [0.15, 0.2) is 0 Å². The Morgan fingerprint density at radius 2 is 2.00 bits per heavy atom. The smallest absolute Gasteiger partial charge is 0.242 e. The van der Waals surface area contributed by atoms with Crippen LogP contribution in [0.25, 0.3) is 0 Å². The van der Waals surface area contributed by atoms with Crippen LogP contribution >= 0.6 is 0 Å². The van der Waals surface area contributed by atoms with Crippen LogP contribution in [0.5, 0.6) is 0 Å². The molecule has 2 N–H and O–H groups in total. The van der Waals surface area contributed by atoms with E-state index in [0.717, 1.165) is 38.5 Å². The Kier molecular flexibility index (Phi) is 4.14. The maximum Gasteiger partial charge on any atom is 0.242 e. The number of hydrogen-bond donors (Lipinski definition) is 1. The first-order chi connectivity index (χ1) is 7.01. The molecular weight excluding hydrogens is 188 g/mol. The van der Waals surface area contributed by atoms with E-state index < -0.39 is 5.54 Å². The van der Waals surface area contributed by atoms with Crippen molar-refractivity contribution < 1.29 is 4.79 Å². The molecule has 1 rings (SSSR count). The highest BCUT2D eigenvalue weighted by Gasteiger charge is 2.39. The number of hydrogen-bond acceptors (Lipinski definition) is 2. The van der Waals surface area contributed by atoms with Gasteiger partial charge in [0.1, 0.15) is 0 Å². The molecule has 3 nitrogen and oxygen atoms in total. The lowest BCUT2D eigenvalue weighted by molar-refractivity contribution is -0.137. The van der Waals surface area contributed by atoms with Crippen LogP contribution in [-0.2, 0) is 4.79 Å². The zero-order valence-electron chi connectivity index (χ0n) is 10.3. The monoisotopic (exact) mass is 212 g/mol. The molecule has 1 unspecified atom stereocenters. The topological polar surface area (TPSA) is 46.3 Å². The molecule has 1 aliphatic rings. The Morgan fingerprint density at radius 3 is 2.47 bits per heavy atom. The zero-order valence-corrected chi connectivity index (χ0v) is 10.3.